The smallest absolute Gasteiger partial charge is 0.410 e. The van der Waals surface area contributed by atoms with Crippen molar-refractivity contribution in [2.24, 2.45) is 0 Å². The Morgan fingerprint density at radius 2 is 1.76 bits per heavy atom. The number of nitrogens with zero attached hydrogens (tertiary/aromatic N) is 1. The number of ether oxygens (including phenoxy) is 2. The van der Waals surface area contributed by atoms with Crippen molar-refractivity contribution in [3.8, 4) is 0 Å². The Balaban J connectivity index is 2.90. The van der Waals surface area contributed by atoms with E-state index in [9.17, 15) is 9.59 Å². The Bertz CT molecular complexity index is 389. The number of amides is 1. The van der Waals surface area contributed by atoms with Crippen LogP contribution in [0.4, 0.5) is 4.79 Å². The molecule has 0 spiro atoms. The molecule has 5 heteroatoms. The summed E-state index contributed by atoms with van der Waals surface area (Å²) < 4.78 is 9.68. The van der Waals surface area contributed by atoms with Gasteiger partial charge in [-0.3, -0.25) is 0 Å². The van der Waals surface area contributed by atoms with E-state index in [1.54, 1.807) is 38.4 Å². The first-order valence-electron chi connectivity index (χ1n) is 5.07. The van der Waals surface area contributed by atoms with Crippen LogP contribution in [0.25, 0.3) is 0 Å². The van der Waals surface area contributed by atoms with Crippen molar-refractivity contribution in [2.45, 2.75) is 6.10 Å². The van der Waals surface area contributed by atoms with Crippen molar-refractivity contribution in [3.05, 3.63) is 35.9 Å². The second kappa shape index (κ2) is 5.89. The Labute approximate surface area is 99.9 Å². The van der Waals surface area contributed by atoms with Crippen LogP contribution in [0.2, 0.25) is 0 Å². The van der Waals surface area contributed by atoms with Gasteiger partial charge in [0.05, 0.1) is 7.11 Å². The lowest BCUT2D eigenvalue weighted by atomic mass is 10.1. The summed E-state index contributed by atoms with van der Waals surface area (Å²) in [6, 6.07) is 8.73. The molecule has 1 amide bonds. The second-order valence-corrected chi connectivity index (χ2v) is 3.59. The van der Waals surface area contributed by atoms with Crippen LogP contribution in [0.5, 0.6) is 0 Å². The van der Waals surface area contributed by atoms with Crippen molar-refractivity contribution in [3.63, 3.8) is 0 Å². The maximum absolute atomic E-state index is 11.6. The third-order valence-electron chi connectivity index (χ3n) is 2.10. The molecular formula is C12H15NO4. The van der Waals surface area contributed by atoms with E-state index in [1.807, 2.05) is 6.07 Å². The monoisotopic (exact) mass is 237 g/mol. The average Bonchev–Trinajstić information content (AvgIpc) is 2.35. The molecule has 0 aliphatic carbocycles. The first-order valence-corrected chi connectivity index (χ1v) is 5.07. The van der Waals surface area contributed by atoms with Crippen LogP contribution in [0, 0.1) is 0 Å². The van der Waals surface area contributed by atoms with E-state index >= 15 is 0 Å². The number of methoxy groups -OCH3 is 1. The molecule has 0 aromatic heterocycles. The molecule has 0 bridgehead atoms. The summed E-state index contributed by atoms with van der Waals surface area (Å²) in [6.07, 6.45) is -1.62. The Hall–Kier alpha value is -2.04. The first-order chi connectivity index (χ1) is 8.06. The van der Waals surface area contributed by atoms with Crippen molar-refractivity contribution in [2.75, 3.05) is 21.2 Å². The number of hydrogen-bond donors (Lipinski definition) is 0. The summed E-state index contributed by atoms with van der Waals surface area (Å²) in [5.74, 6) is -0.605. The normalized spacial score (nSPS) is 11.5. The zero-order chi connectivity index (χ0) is 12.8. The lowest BCUT2D eigenvalue weighted by Gasteiger charge is -2.18. The standard InChI is InChI=1S/C12H15NO4/c1-13(2)12(15)17-10(11(14)16-3)9-7-5-4-6-8-9/h4-8,10H,1-3H3. The summed E-state index contributed by atoms with van der Waals surface area (Å²) in [5.41, 5.74) is 0.578. The minimum atomic E-state index is -1.03. The molecule has 1 atom stereocenters. The summed E-state index contributed by atoms with van der Waals surface area (Å²) in [6.45, 7) is 0. The molecule has 0 saturated carbocycles. The second-order valence-electron chi connectivity index (χ2n) is 3.59. The fourth-order valence-corrected chi connectivity index (χ4v) is 1.19. The molecule has 0 fully saturated rings. The van der Waals surface area contributed by atoms with Gasteiger partial charge in [0, 0.05) is 19.7 Å². The Morgan fingerprint density at radius 1 is 1.18 bits per heavy atom. The maximum atomic E-state index is 11.6. The molecule has 0 saturated heterocycles. The Morgan fingerprint density at radius 3 is 2.24 bits per heavy atom. The van der Waals surface area contributed by atoms with E-state index in [-0.39, 0.29) is 0 Å². The lowest BCUT2D eigenvalue weighted by Crippen LogP contribution is -2.28. The van der Waals surface area contributed by atoms with Crippen molar-refractivity contribution < 1.29 is 19.1 Å². The first kappa shape index (κ1) is 13.0. The number of carbonyl (C=O) groups excluding carboxylic acids is 2. The number of carbonyl (C=O) groups is 2. The molecule has 0 N–H and O–H groups in total. The van der Waals surface area contributed by atoms with E-state index in [0.717, 1.165) is 0 Å². The van der Waals surface area contributed by atoms with Gasteiger partial charge in [0.25, 0.3) is 0 Å². The molecule has 0 aliphatic heterocycles. The number of benzene rings is 1. The summed E-state index contributed by atoms with van der Waals surface area (Å²) in [5, 5.41) is 0. The minimum Gasteiger partial charge on any atom is -0.466 e. The zero-order valence-electron chi connectivity index (χ0n) is 10.0. The highest BCUT2D eigenvalue weighted by Crippen LogP contribution is 2.19. The van der Waals surface area contributed by atoms with Crippen LogP contribution in [-0.2, 0) is 14.3 Å². The van der Waals surface area contributed by atoms with Crippen molar-refractivity contribution >= 4 is 12.1 Å². The molecule has 17 heavy (non-hydrogen) atoms. The van der Waals surface area contributed by atoms with Crippen LogP contribution < -0.4 is 0 Å². The predicted molar refractivity (Wildman–Crippen MR) is 61.4 cm³/mol. The maximum Gasteiger partial charge on any atom is 0.410 e. The SMILES string of the molecule is COC(=O)C(OC(=O)N(C)C)c1ccccc1. The third-order valence-corrected chi connectivity index (χ3v) is 2.10. The van der Waals surface area contributed by atoms with Gasteiger partial charge in [0.1, 0.15) is 0 Å². The van der Waals surface area contributed by atoms with Crippen molar-refractivity contribution in [1.29, 1.82) is 0 Å². The number of rotatable bonds is 3. The van der Waals surface area contributed by atoms with Crippen LogP contribution in [0.3, 0.4) is 0 Å². The van der Waals surface area contributed by atoms with Gasteiger partial charge in [-0.25, -0.2) is 9.59 Å². The molecule has 5 nitrogen and oxygen atoms in total. The molecular weight excluding hydrogens is 222 g/mol. The van der Waals surface area contributed by atoms with Gasteiger partial charge < -0.3 is 14.4 Å². The molecule has 1 aromatic rings. The topological polar surface area (TPSA) is 55.8 Å². The van der Waals surface area contributed by atoms with Crippen LogP contribution in [0.15, 0.2) is 30.3 Å². The van der Waals surface area contributed by atoms with Crippen molar-refractivity contribution in [1.82, 2.24) is 4.90 Å². The van der Waals surface area contributed by atoms with E-state index < -0.39 is 18.2 Å². The van der Waals surface area contributed by atoms with Gasteiger partial charge in [-0.2, -0.15) is 0 Å². The van der Waals surface area contributed by atoms with Gasteiger partial charge in [0.2, 0.25) is 6.10 Å². The number of hydrogen-bond acceptors (Lipinski definition) is 4. The molecule has 1 unspecified atom stereocenters. The molecule has 0 aliphatic rings. The fraction of sp³-hybridized carbons (Fsp3) is 0.333. The quantitative estimate of drug-likeness (QED) is 0.749. The molecule has 0 heterocycles. The summed E-state index contributed by atoms with van der Waals surface area (Å²) in [4.78, 5) is 24.2. The number of esters is 1. The van der Waals surface area contributed by atoms with Gasteiger partial charge in [0.15, 0.2) is 0 Å². The van der Waals surface area contributed by atoms with Gasteiger partial charge in [-0.05, 0) is 0 Å². The Kier molecular flexibility index (Phi) is 4.51. The van der Waals surface area contributed by atoms with Gasteiger partial charge in [-0.15, -0.1) is 0 Å². The predicted octanol–water partition coefficient (Wildman–Crippen LogP) is 1.60. The van der Waals surface area contributed by atoms with Crippen LogP contribution >= 0.6 is 0 Å². The lowest BCUT2D eigenvalue weighted by molar-refractivity contribution is -0.151. The van der Waals surface area contributed by atoms with Gasteiger partial charge >= 0.3 is 12.1 Å². The molecule has 0 radical (unpaired) electrons. The summed E-state index contributed by atoms with van der Waals surface area (Å²) in [7, 11) is 4.34. The highest BCUT2D eigenvalue weighted by molar-refractivity contribution is 5.80. The zero-order valence-corrected chi connectivity index (χ0v) is 10.0. The van der Waals surface area contributed by atoms with E-state index in [2.05, 4.69) is 4.74 Å². The molecule has 1 aromatic carbocycles. The van der Waals surface area contributed by atoms with Crippen LogP contribution in [-0.4, -0.2) is 38.2 Å². The van der Waals surface area contributed by atoms with E-state index in [4.69, 9.17) is 4.74 Å². The third kappa shape index (κ3) is 3.48. The summed E-state index contributed by atoms with van der Waals surface area (Å²) >= 11 is 0. The highest BCUT2D eigenvalue weighted by atomic mass is 16.6. The molecule has 1 rings (SSSR count). The average molecular weight is 237 g/mol. The minimum absolute atomic E-state index is 0.578. The van der Waals surface area contributed by atoms with Gasteiger partial charge in [-0.1, -0.05) is 30.3 Å². The van der Waals surface area contributed by atoms with Crippen LogP contribution in [0.1, 0.15) is 11.7 Å². The largest absolute Gasteiger partial charge is 0.466 e. The fourth-order valence-electron chi connectivity index (χ4n) is 1.19. The highest BCUT2D eigenvalue weighted by Gasteiger charge is 2.26. The van der Waals surface area contributed by atoms with E-state index in [0.29, 0.717) is 5.56 Å². The molecule has 92 valence electrons. The van der Waals surface area contributed by atoms with E-state index in [1.165, 1.54) is 12.0 Å².